The van der Waals surface area contributed by atoms with Gasteiger partial charge in [0.25, 0.3) is 0 Å². The van der Waals surface area contributed by atoms with Gasteiger partial charge in [-0.1, -0.05) is 12.1 Å². The van der Waals surface area contributed by atoms with Crippen molar-refractivity contribution in [3.8, 4) is 28.1 Å². The van der Waals surface area contributed by atoms with Crippen LogP contribution in [-0.4, -0.2) is 53.6 Å². The van der Waals surface area contributed by atoms with E-state index in [9.17, 15) is 34.8 Å². The van der Waals surface area contributed by atoms with E-state index < -0.39 is 43.1 Å². The largest absolute Gasteiger partial charge is 0.534 e. The van der Waals surface area contributed by atoms with Crippen LogP contribution in [0.15, 0.2) is 53.7 Å². The molecule has 2 aromatic carbocycles. The molecule has 17 heteroatoms. The molecule has 0 saturated heterocycles. The number of nitrogens with zero attached hydrogens (tertiary/aromatic N) is 4. The summed E-state index contributed by atoms with van der Waals surface area (Å²) in [7, 11) is -8.77. The fourth-order valence-corrected chi connectivity index (χ4v) is 4.67. The molecule has 2 heterocycles. The van der Waals surface area contributed by atoms with Gasteiger partial charge in [0.1, 0.15) is 11.3 Å². The van der Waals surface area contributed by atoms with Gasteiger partial charge in [-0.05, 0) is 45.0 Å². The molecule has 0 fully saturated rings. The number of aryl methyl sites for hydroxylation is 1. The average molecular weight is 602 g/mol. The molecule has 0 aliphatic rings. The molecule has 4 aromatic rings. The highest BCUT2D eigenvalue weighted by atomic mass is 32.2. The molecule has 12 nitrogen and oxygen atoms in total. The molecule has 0 spiro atoms. The zero-order chi connectivity index (χ0) is 29.8. The zero-order valence-electron chi connectivity index (χ0n) is 21.3. The van der Waals surface area contributed by atoms with Crippen LogP contribution in [0, 0.1) is 0 Å². The minimum absolute atomic E-state index is 0.0131. The Morgan fingerprint density at radius 3 is 2.25 bits per heavy atom. The average Bonchev–Trinajstić information content (AvgIpc) is 3.39. The Morgan fingerprint density at radius 1 is 1.02 bits per heavy atom. The molecule has 0 radical (unpaired) electrons. The van der Waals surface area contributed by atoms with Gasteiger partial charge in [0.2, 0.25) is 10.0 Å². The minimum Gasteiger partial charge on any atom is -0.442 e. The van der Waals surface area contributed by atoms with Crippen molar-refractivity contribution in [3.05, 3.63) is 48.8 Å². The summed E-state index contributed by atoms with van der Waals surface area (Å²) in [6.45, 7) is 4.80. The number of hydrogen-bond acceptors (Lipinski definition) is 9. The number of benzene rings is 2. The van der Waals surface area contributed by atoms with Gasteiger partial charge < -0.3 is 8.92 Å². The van der Waals surface area contributed by atoms with Gasteiger partial charge in [-0.3, -0.25) is 4.68 Å². The lowest BCUT2D eigenvalue weighted by atomic mass is 10.0. The standard InChI is InChI=1S/C23H22F3N5O7S2/c1-22(2,3)37-21(32)31-18-9-16(14-11-28-30(4)12-14)19(38-40(35,36)23(24,25)26)10-17(18)20(29-31)13-6-5-7-15(8-13)39(27,33)34/h5-12H,1-4H3,(H2,27,33,34). The maximum Gasteiger partial charge on any atom is 0.534 e. The van der Waals surface area contributed by atoms with Crippen LogP contribution in [0.2, 0.25) is 0 Å². The van der Waals surface area contributed by atoms with E-state index in [1.807, 2.05) is 0 Å². The van der Waals surface area contributed by atoms with E-state index in [1.165, 1.54) is 48.4 Å². The molecular formula is C23H22F3N5O7S2. The molecule has 40 heavy (non-hydrogen) atoms. The van der Waals surface area contributed by atoms with Gasteiger partial charge in [0.15, 0.2) is 5.75 Å². The fraction of sp³-hybridized carbons (Fsp3) is 0.261. The van der Waals surface area contributed by atoms with Crippen LogP contribution in [0.1, 0.15) is 20.8 Å². The van der Waals surface area contributed by atoms with Crippen molar-refractivity contribution in [2.24, 2.45) is 12.2 Å². The third-order valence-electron chi connectivity index (χ3n) is 5.28. The minimum atomic E-state index is -6.12. The van der Waals surface area contributed by atoms with Gasteiger partial charge in [-0.15, -0.1) is 0 Å². The van der Waals surface area contributed by atoms with Crippen LogP contribution in [0.5, 0.6) is 5.75 Å². The highest BCUT2D eigenvalue weighted by Crippen LogP contribution is 2.40. The maximum atomic E-state index is 13.3. The van der Waals surface area contributed by atoms with Crippen molar-refractivity contribution in [2.45, 2.75) is 36.8 Å². The van der Waals surface area contributed by atoms with Crippen molar-refractivity contribution in [1.29, 1.82) is 0 Å². The van der Waals surface area contributed by atoms with E-state index >= 15 is 0 Å². The predicted octanol–water partition coefficient (Wildman–Crippen LogP) is 3.76. The topological polar surface area (TPSA) is 165 Å². The molecule has 0 saturated carbocycles. The van der Waals surface area contributed by atoms with E-state index in [0.29, 0.717) is 0 Å². The van der Waals surface area contributed by atoms with E-state index in [0.717, 1.165) is 16.8 Å². The summed E-state index contributed by atoms with van der Waals surface area (Å²) in [5.41, 5.74) is -6.74. The maximum absolute atomic E-state index is 13.3. The molecule has 2 aromatic heterocycles. The second-order valence-electron chi connectivity index (χ2n) is 9.56. The lowest BCUT2D eigenvalue weighted by molar-refractivity contribution is -0.0499. The molecule has 0 unspecified atom stereocenters. The molecule has 0 aliphatic heterocycles. The molecule has 0 atom stereocenters. The van der Waals surface area contributed by atoms with Crippen molar-refractivity contribution >= 4 is 37.1 Å². The van der Waals surface area contributed by atoms with Crippen molar-refractivity contribution < 1.29 is 43.7 Å². The van der Waals surface area contributed by atoms with Crippen molar-refractivity contribution in [3.63, 3.8) is 0 Å². The quantitative estimate of drug-likeness (QED) is 0.265. The first kappa shape index (κ1) is 29.0. The van der Waals surface area contributed by atoms with Gasteiger partial charge in [-0.2, -0.15) is 36.5 Å². The number of primary sulfonamides is 1. The Kier molecular flexibility index (Phi) is 6.97. The van der Waals surface area contributed by atoms with Gasteiger partial charge >= 0.3 is 21.7 Å². The Bertz CT molecular complexity index is 1860. The highest BCUT2D eigenvalue weighted by molar-refractivity contribution is 7.89. The Labute approximate surface area is 226 Å². The van der Waals surface area contributed by atoms with Crippen LogP contribution in [-0.2, 0) is 31.9 Å². The van der Waals surface area contributed by atoms with Gasteiger partial charge in [0.05, 0.1) is 16.6 Å². The summed E-state index contributed by atoms with van der Waals surface area (Å²) < 4.78 is 99.7. The number of hydrogen-bond donors (Lipinski definition) is 1. The van der Waals surface area contributed by atoms with E-state index in [1.54, 1.807) is 20.8 Å². The first-order chi connectivity index (χ1) is 18.3. The number of fused-ring (bicyclic) bond motifs is 1. The summed E-state index contributed by atoms with van der Waals surface area (Å²) in [6.07, 6.45) is 1.66. The third-order valence-corrected chi connectivity index (χ3v) is 7.16. The summed E-state index contributed by atoms with van der Waals surface area (Å²) >= 11 is 0. The van der Waals surface area contributed by atoms with Crippen LogP contribution in [0.3, 0.4) is 0 Å². The summed E-state index contributed by atoms with van der Waals surface area (Å²) in [5, 5.41) is 13.4. The Hall–Kier alpha value is -3.96. The molecular weight excluding hydrogens is 579 g/mol. The lowest BCUT2D eigenvalue weighted by Crippen LogP contribution is -2.28. The highest BCUT2D eigenvalue weighted by Gasteiger charge is 2.49. The van der Waals surface area contributed by atoms with E-state index in [2.05, 4.69) is 14.4 Å². The van der Waals surface area contributed by atoms with Gasteiger partial charge in [-0.25, -0.2) is 18.4 Å². The van der Waals surface area contributed by atoms with Crippen LogP contribution < -0.4 is 9.32 Å². The van der Waals surface area contributed by atoms with E-state index in [4.69, 9.17) is 9.88 Å². The van der Waals surface area contributed by atoms with Crippen LogP contribution in [0.25, 0.3) is 33.3 Å². The smallest absolute Gasteiger partial charge is 0.442 e. The number of carbonyl (C=O) groups is 1. The molecule has 0 amide bonds. The SMILES string of the molecule is Cn1cc(-c2cc3c(cc2OS(=O)(=O)C(F)(F)F)c(-c2cccc(S(N)(=O)=O)c2)nn3C(=O)OC(C)(C)C)cn1. The number of rotatable bonds is 5. The Balaban J connectivity index is 2.08. The van der Waals surface area contributed by atoms with Crippen molar-refractivity contribution in [2.75, 3.05) is 0 Å². The predicted molar refractivity (Wildman–Crippen MR) is 136 cm³/mol. The molecule has 0 aliphatic carbocycles. The lowest BCUT2D eigenvalue weighted by Gasteiger charge is -2.19. The monoisotopic (exact) mass is 601 g/mol. The first-order valence-electron chi connectivity index (χ1n) is 11.2. The fourth-order valence-electron chi connectivity index (χ4n) is 3.64. The summed E-state index contributed by atoms with van der Waals surface area (Å²) in [5.74, 6) is -0.745. The second-order valence-corrected chi connectivity index (χ2v) is 12.7. The van der Waals surface area contributed by atoms with Crippen molar-refractivity contribution in [1.82, 2.24) is 19.6 Å². The van der Waals surface area contributed by atoms with Crippen LogP contribution >= 0.6 is 0 Å². The second kappa shape index (κ2) is 9.60. The molecule has 4 rings (SSSR count). The molecule has 214 valence electrons. The molecule has 0 bridgehead atoms. The Morgan fingerprint density at radius 2 is 1.70 bits per heavy atom. The van der Waals surface area contributed by atoms with Crippen LogP contribution in [0.4, 0.5) is 18.0 Å². The zero-order valence-corrected chi connectivity index (χ0v) is 22.9. The normalized spacial score (nSPS) is 13.0. The number of ether oxygens (including phenoxy) is 1. The number of aromatic nitrogens is 4. The first-order valence-corrected chi connectivity index (χ1v) is 14.2. The van der Waals surface area contributed by atoms with E-state index in [-0.39, 0.29) is 38.2 Å². The molecule has 2 N–H and O–H groups in total. The number of sulfonamides is 1. The number of alkyl halides is 3. The number of nitrogens with two attached hydrogens (primary N) is 1. The summed E-state index contributed by atoms with van der Waals surface area (Å²) in [4.78, 5) is 12.8. The van der Waals surface area contributed by atoms with Gasteiger partial charge in [0, 0.05) is 35.3 Å². The third kappa shape index (κ3) is 5.80. The number of halogens is 3. The number of carbonyl (C=O) groups excluding carboxylic acids is 1. The summed E-state index contributed by atoms with van der Waals surface area (Å²) in [6, 6.07) is 7.24.